The third-order valence-corrected chi connectivity index (χ3v) is 6.64. The summed E-state index contributed by atoms with van der Waals surface area (Å²) in [6.45, 7) is 0.810. The summed E-state index contributed by atoms with van der Waals surface area (Å²) < 4.78 is 10.6. The number of rotatable bonds is 6. The maximum absolute atomic E-state index is 13.1. The summed E-state index contributed by atoms with van der Waals surface area (Å²) in [6, 6.07) is 17.8. The summed E-state index contributed by atoms with van der Waals surface area (Å²) in [4.78, 5) is 26.1. The van der Waals surface area contributed by atoms with Crippen LogP contribution in [0.3, 0.4) is 0 Å². The van der Waals surface area contributed by atoms with Crippen molar-refractivity contribution in [3.8, 4) is 11.5 Å². The summed E-state index contributed by atoms with van der Waals surface area (Å²) in [5.74, 6) is 0.779. The number of hydrogen-bond acceptors (Lipinski definition) is 6. The molecule has 2 unspecified atom stereocenters. The van der Waals surface area contributed by atoms with Gasteiger partial charge in [-0.25, -0.2) is 10.4 Å². The van der Waals surface area contributed by atoms with Crippen molar-refractivity contribution >= 4 is 34.8 Å². The number of benzene rings is 3. The highest BCUT2D eigenvalue weighted by Gasteiger charge is 2.44. The zero-order valence-corrected chi connectivity index (χ0v) is 20.1. The number of fused-ring (bicyclic) bond motifs is 3. The van der Waals surface area contributed by atoms with E-state index in [4.69, 9.17) is 21.1 Å². The van der Waals surface area contributed by atoms with E-state index in [1.54, 1.807) is 55.6 Å². The Morgan fingerprint density at radius 1 is 1.09 bits per heavy atom. The van der Waals surface area contributed by atoms with Crippen LogP contribution in [0.2, 0.25) is 5.02 Å². The van der Waals surface area contributed by atoms with Crippen molar-refractivity contribution < 1.29 is 19.1 Å². The summed E-state index contributed by atoms with van der Waals surface area (Å²) in [5.41, 5.74) is 7.17. The van der Waals surface area contributed by atoms with Gasteiger partial charge in [0.25, 0.3) is 5.91 Å². The minimum atomic E-state index is -0.292. The number of amides is 2. The predicted octanol–water partition coefficient (Wildman–Crippen LogP) is 3.92. The molecule has 8 nitrogen and oxygen atoms in total. The van der Waals surface area contributed by atoms with Gasteiger partial charge in [-0.3, -0.25) is 9.59 Å². The van der Waals surface area contributed by atoms with E-state index in [9.17, 15) is 9.59 Å². The molecule has 3 aromatic carbocycles. The van der Waals surface area contributed by atoms with Crippen molar-refractivity contribution in [1.29, 1.82) is 0 Å². The lowest BCUT2D eigenvalue weighted by Crippen LogP contribution is -2.35. The standard InChI is InChI=1S/C26H25ClN4O4/c1-34-19-9-3-16(23(12-19)35-2)13-29-25(32)15-4-10-22-20(11-15)24-21(14-28-22)26(33)31(30-24)18-7-5-17(27)6-8-18/h3-12,21,24,28,30H,13-14H2,1-2H3,(H,29,32). The van der Waals surface area contributed by atoms with Gasteiger partial charge in [0.15, 0.2) is 0 Å². The molecule has 1 fully saturated rings. The van der Waals surface area contributed by atoms with Gasteiger partial charge in [0.05, 0.1) is 31.9 Å². The Balaban J connectivity index is 1.34. The lowest BCUT2D eigenvalue weighted by molar-refractivity contribution is -0.120. The molecule has 0 spiro atoms. The van der Waals surface area contributed by atoms with Gasteiger partial charge in [-0.2, -0.15) is 0 Å². The van der Waals surface area contributed by atoms with E-state index in [0.717, 1.165) is 22.5 Å². The van der Waals surface area contributed by atoms with Crippen LogP contribution in [-0.4, -0.2) is 32.6 Å². The minimum absolute atomic E-state index is 0.0306. The third kappa shape index (κ3) is 4.38. The molecule has 0 aliphatic carbocycles. The maximum Gasteiger partial charge on any atom is 0.251 e. The molecule has 5 rings (SSSR count). The summed E-state index contributed by atoms with van der Waals surface area (Å²) in [7, 11) is 3.17. The molecule has 2 amide bonds. The van der Waals surface area contributed by atoms with E-state index in [-0.39, 0.29) is 23.8 Å². The highest BCUT2D eigenvalue weighted by molar-refractivity contribution is 6.30. The number of hydrazine groups is 1. The van der Waals surface area contributed by atoms with Gasteiger partial charge in [-0.05, 0) is 60.2 Å². The summed E-state index contributed by atoms with van der Waals surface area (Å²) in [5, 5.41) is 8.44. The molecule has 35 heavy (non-hydrogen) atoms. The van der Waals surface area contributed by atoms with Crippen LogP contribution in [0.4, 0.5) is 11.4 Å². The zero-order chi connectivity index (χ0) is 24.5. The van der Waals surface area contributed by atoms with Crippen LogP contribution >= 0.6 is 11.6 Å². The Morgan fingerprint density at radius 3 is 2.63 bits per heavy atom. The number of nitrogens with one attached hydrogen (secondary N) is 3. The number of carbonyl (C=O) groups is 2. The Bertz CT molecular complexity index is 1280. The van der Waals surface area contributed by atoms with Gasteiger partial charge in [0.2, 0.25) is 5.91 Å². The number of anilines is 2. The first-order valence-electron chi connectivity index (χ1n) is 11.2. The molecule has 3 N–H and O–H groups in total. The van der Waals surface area contributed by atoms with Crippen LogP contribution in [0.25, 0.3) is 0 Å². The Hall–Kier alpha value is -3.75. The normalized spacial score (nSPS) is 18.4. The molecule has 2 atom stereocenters. The van der Waals surface area contributed by atoms with Crippen LogP contribution < -0.4 is 30.5 Å². The van der Waals surface area contributed by atoms with Gasteiger partial charge in [-0.1, -0.05) is 11.6 Å². The SMILES string of the molecule is COc1ccc(CNC(=O)c2ccc3c(c2)C2NN(c4ccc(Cl)cc4)C(=O)C2CN3)c(OC)c1. The highest BCUT2D eigenvalue weighted by Crippen LogP contribution is 2.40. The van der Waals surface area contributed by atoms with E-state index < -0.39 is 0 Å². The van der Waals surface area contributed by atoms with Crippen LogP contribution in [-0.2, 0) is 11.3 Å². The van der Waals surface area contributed by atoms with Crippen molar-refractivity contribution in [3.63, 3.8) is 0 Å². The van der Waals surface area contributed by atoms with Crippen LogP contribution in [0.1, 0.15) is 27.5 Å². The van der Waals surface area contributed by atoms with Crippen molar-refractivity contribution in [3.05, 3.63) is 82.4 Å². The summed E-state index contributed by atoms with van der Waals surface area (Å²) >= 11 is 6.00. The predicted molar refractivity (Wildman–Crippen MR) is 134 cm³/mol. The molecule has 1 saturated heterocycles. The second-order valence-electron chi connectivity index (χ2n) is 8.41. The van der Waals surface area contributed by atoms with E-state index >= 15 is 0 Å². The molecule has 2 heterocycles. The Kier molecular flexibility index (Phi) is 6.23. The Morgan fingerprint density at radius 2 is 1.89 bits per heavy atom. The first kappa shape index (κ1) is 23.0. The molecule has 180 valence electrons. The second-order valence-corrected chi connectivity index (χ2v) is 8.84. The largest absolute Gasteiger partial charge is 0.497 e. The number of methoxy groups -OCH3 is 2. The fourth-order valence-corrected chi connectivity index (χ4v) is 4.63. The van der Waals surface area contributed by atoms with E-state index in [2.05, 4.69) is 16.1 Å². The smallest absolute Gasteiger partial charge is 0.251 e. The van der Waals surface area contributed by atoms with Gasteiger partial charge in [0, 0.05) is 41.0 Å². The van der Waals surface area contributed by atoms with Gasteiger partial charge < -0.3 is 20.1 Å². The number of carbonyl (C=O) groups excluding carboxylic acids is 2. The molecule has 2 aliphatic heterocycles. The lowest BCUT2D eigenvalue weighted by atomic mass is 9.88. The van der Waals surface area contributed by atoms with Crippen molar-refractivity contribution in [1.82, 2.24) is 10.7 Å². The number of halogens is 1. The highest BCUT2D eigenvalue weighted by atomic mass is 35.5. The van der Waals surface area contributed by atoms with E-state index in [0.29, 0.717) is 35.2 Å². The van der Waals surface area contributed by atoms with Crippen molar-refractivity contribution in [2.45, 2.75) is 12.6 Å². The lowest BCUT2D eigenvalue weighted by Gasteiger charge is -2.27. The molecule has 0 saturated carbocycles. The van der Waals surface area contributed by atoms with Gasteiger partial charge in [-0.15, -0.1) is 0 Å². The molecular weight excluding hydrogens is 468 g/mol. The monoisotopic (exact) mass is 492 g/mol. The second kappa shape index (κ2) is 9.48. The van der Waals surface area contributed by atoms with E-state index in [1.165, 1.54) is 0 Å². The minimum Gasteiger partial charge on any atom is -0.497 e. The third-order valence-electron chi connectivity index (χ3n) is 6.39. The van der Waals surface area contributed by atoms with Crippen molar-refractivity contribution in [2.75, 3.05) is 31.1 Å². The number of ether oxygens (including phenoxy) is 2. The van der Waals surface area contributed by atoms with E-state index in [1.807, 2.05) is 24.3 Å². The molecule has 9 heteroatoms. The number of nitrogens with zero attached hydrogens (tertiary/aromatic N) is 1. The molecule has 0 aromatic heterocycles. The fraction of sp³-hybridized carbons (Fsp3) is 0.231. The molecule has 0 radical (unpaired) electrons. The van der Waals surface area contributed by atoms with Crippen molar-refractivity contribution in [2.24, 2.45) is 5.92 Å². The number of hydrogen-bond donors (Lipinski definition) is 3. The maximum atomic E-state index is 13.1. The zero-order valence-electron chi connectivity index (χ0n) is 19.3. The topological polar surface area (TPSA) is 91.9 Å². The van der Waals surface area contributed by atoms with Crippen LogP contribution in [0, 0.1) is 5.92 Å². The quantitative estimate of drug-likeness (QED) is 0.483. The average molecular weight is 493 g/mol. The fourth-order valence-electron chi connectivity index (χ4n) is 4.50. The van der Waals surface area contributed by atoms with Gasteiger partial charge >= 0.3 is 0 Å². The molecule has 2 aliphatic rings. The first-order chi connectivity index (χ1) is 17.0. The van der Waals surface area contributed by atoms with Crippen LogP contribution in [0.15, 0.2) is 60.7 Å². The molecular formula is C26H25ClN4O4. The average Bonchev–Trinajstić information content (AvgIpc) is 3.24. The molecule has 0 bridgehead atoms. The van der Waals surface area contributed by atoms with Gasteiger partial charge in [0.1, 0.15) is 11.5 Å². The Labute approximate surface area is 208 Å². The summed E-state index contributed by atoms with van der Waals surface area (Å²) in [6.07, 6.45) is 0. The molecule has 3 aromatic rings. The van der Waals surface area contributed by atoms with Crippen LogP contribution in [0.5, 0.6) is 11.5 Å². The first-order valence-corrected chi connectivity index (χ1v) is 11.6.